The minimum absolute atomic E-state index is 0.0755. The zero-order valence-corrected chi connectivity index (χ0v) is 20.1. The summed E-state index contributed by atoms with van der Waals surface area (Å²) in [5, 5.41) is 0. The molecule has 0 bridgehead atoms. The van der Waals surface area contributed by atoms with Crippen molar-refractivity contribution in [2.45, 2.75) is 24.3 Å². The van der Waals surface area contributed by atoms with Gasteiger partial charge in [-0.25, -0.2) is 13.2 Å². The molecule has 0 radical (unpaired) electrons. The van der Waals surface area contributed by atoms with Gasteiger partial charge < -0.3 is 9.30 Å². The number of aromatic nitrogens is 1. The van der Waals surface area contributed by atoms with Gasteiger partial charge in [0.25, 0.3) is 5.91 Å². The number of carbonyl (C=O) groups is 2. The van der Waals surface area contributed by atoms with Crippen molar-refractivity contribution in [3.05, 3.63) is 58.9 Å². The number of benzene rings is 2. The average molecular weight is 498 g/mol. The number of carbonyl (C=O) groups excluding carboxylic acids is 2. The van der Waals surface area contributed by atoms with Gasteiger partial charge in [-0.05, 0) is 43.2 Å². The minimum Gasteiger partial charge on any atom is -0.465 e. The summed E-state index contributed by atoms with van der Waals surface area (Å²) in [5.74, 6) is 1.16. The number of sulfonamides is 1. The van der Waals surface area contributed by atoms with Crippen LogP contribution in [-0.4, -0.2) is 49.4 Å². The number of methoxy groups -OCH3 is 1. The van der Waals surface area contributed by atoms with Gasteiger partial charge in [0.15, 0.2) is 4.80 Å². The van der Waals surface area contributed by atoms with Gasteiger partial charge in [-0.2, -0.15) is 9.30 Å². The number of ether oxygens (including phenoxy) is 1. The van der Waals surface area contributed by atoms with Gasteiger partial charge in [0.05, 0.1) is 40.2 Å². The standard InChI is InChI=1S/C24H23N3O5S2/c1-3-13-27-20-12-11-17(23(29)32-2)15-21(20)33-24(27)25-22(28)18-8-7-14-26(16-18)34(30,31)19-9-5-4-6-10-19/h1,4-6,9-12,15,18H,7-8,13-14,16H2,2H3. The van der Waals surface area contributed by atoms with Crippen LogP contribution in [0.15, 0.2) is 58.4 Å². The molecule has 176 valence electrons. The van der Waals surface area contributed by atoms with E-state index in [0.29, 0.717) is 29.8 Å². The van der Waals surface area contributed by atoms with Crippen molar-refractivity contribution < 1.29 is 22.7 Å². The molecule has 4 rings (SSSR count). The first-order valence-corrected chi connectivity index (χ1v) is 12.9. The molecular weight excluding hydrogens is 474 g/mol. The number of hydrogen-bond acceptors (Lipinski definition) is 6. The van der Waals surface area contributed by atoms with E-state index in [-0.39, 0.29) is 18.0 Å². The molecule has 0 spiro atoms. The van der Waals surface area contributed by atoms with Crippen LogP contribution in [0.4, 0.5) is 0 Å². The second-order valence-corrected chi connectivity index (χ2v) is 10.8. The minimum atomic E-state index is -3.69. The van der Waals surface area contributed by atoms with E-state index in [0.717, 1.165) is 10.2 Å². The summed E-state index contributed by atoms with van der Waals surface area (Å²) in [6.07, 6.45) is 6.65. The Morgan fingerprint density at radius 1 is 1.24 bits per heavy atom. The summed E-state index contributed by atoms with van der Waals surface area (Å²) in [4.78, 5) is 29.9. The fourth-order valence-electron chi connectivity index (χ4n) is 3.94. The fraction of sp³-hybridized carbons (Fsp3) is 0.292. The van der Waals surface area contributed by atoms with Gasteiger partial charge >= 0.3 is 5.97 Å². The molecule has 1 aliphatic rings. The number of fused-ring (bicyclic) bond motifs is 1. The summed E-state index contributed by atoms with van der Waals surface area (Å²) in [6, 6.07) is 13.3. The Morgan fingerprint density at radius 3 is 2.71 bits per heavy atom. The van der Waals surface area contributed by atoms with Crippen molar-refractivity contribution in [1.82, 2.24) is 8.87 Å². The molecule has 8 nitrogen and oxygen atoms in total. The number of amides is 1. The molecule has 1 amide bonds. The van der Waals surface area contributed by atoms with Crippen LogP contribution in [0, 0.1) is 18.3 Å². The van der Waals surface area contributed by atoms with Crippen LogP contribution in [0.1, 0.15) is 23.2 Å². The van der Waals surface area contributed by atoms with Crippen LogP contribution in [0.25, 0.3) is 10.2 Å². The first kappa shape index (κ1) is 23.9. The molecule has 2 aromatic carbocycles. The molecular formula is C24H23N3O5S2. The molecule has 1 saturated heterocycles. The summed E-state index contributed by atoms with van der Waals surface area (Å²) in [5.41, 5.74) is 1.13. The van der Waals surface area contributed by atoms with E-state index in [2.05, 4.69) is 10.9 Å². The van der Waals surface area contributed by atoms with Gasteiger partial charge in [0, 0.05) is 13.1 Å². The molecule has 1 aromatic heterocycles. The lowest BCUT2D eigenvalue weighted by Gasteiger charge is -2.30. The topological polar surface area (TPSA) is 98.0 Å². The maximum atomic E-state index is 13.1. The Bertz CT molecular complexity index is 1450. The zero-order valence-electron chi connectivity index (χ0n) is 18.5. The van der Waals surface area contributed by atoms with Crippen molar-refractivity contribution in [1.29, 1.82) is 0 Å². The van der Waals surface area contributed by atoms with Gasteiger partial charge in [0.1, 0.15) is 0 Å². The van der Waals surface area contributed by atoms with E-state index < -0.39 is 27.8 Å². The molecule has 1 atom stereocenters. The Kier molecular flexibility index (Phi) is 6.97. The normalized spacial score (nSPS) is 17.4. The van der Waals surface area contributed by atoms with E-state index in [4.69, 9.17) is 11.2 Å². The monoisotopic (exact) mass is 497 g/mol. The number of hydrogen-bond donors (Lipinski definition) is 0. The lowest BCUT2D eigenvalue weighted by molar-refractivity contribution is -0.122. The molecule has 34 heavy (non-hydrogen) atoms. The predicted molar refractivity (Wildman–Crippen MR) is 128 cm³/mol. The van der Waals surface area contributed by atoms with Crippen molar-refractivity contribution in [2.24, 2.45) is 10.9 Å². The lowest BCUT2D eigenvalue weighted by Crippen LogP contribution is -2.42. The molecule has 1 unspecified atom stereocenters. The quantitative estimate of drug-likeness (QED) is 0.399. The molecule has 1 aliphatic heterocycles. The number of rotatable bonds is 5. The van der Waals surface area contributed by atoms with Crippen molar-refractivity contribution >= 4 is 43.5 Å². The largest absolute Gasteiger partial charge is 0.465 e. The zero-order chi connectivity index (χ0) is 24.3. The number of nitrogens with zero attached hydrogens (tertiary/aromatic N) is 3. The third-order valence-electron chi connectivity index (χ3n) is 5.67. The van der Waals surface area contributed by atoms with E-state index in [1.807, 2.05) is 0 Å². The van der Waals surface area contributed by atoms with Crippen molar-refractivity contribution in [2.75, 3.05) is 20.2 Å². The number of piperidine rings is 1. The Labute approximate surface area is 201 Å². The maximum Gasteiger partial charge on any atom is 0.337 e. The molecule has 10 heteroatoms. The Hall–Kier alpha value is -3.26. The van der Waals surface area contributed by atoms with Crippen LogP contribution < -0.4 is 4.80 Å². The van der Waals surface area contributed by atoms with Crippen molar-refractivity contribution in [3.8, 4) is 12.3 Å². The molecule has 0 saturated carbocycles. The van der Waals surface area contributed by atoms with Crippen LogP contribution >= 0.6 is 11.3 Å². The third kappa shape index (κ3) is 4.68. The third-order valence-corrected chi connectivity index (χ3v) is 8.59. The number of thiazole rings is 1. The second kappa shape index (κ2) is 9.93. The van der Waals surface area contributed by atoms with Gasteiger partial charge in [0.2, 0.25) is 10.0 Å². The van der Waals surface area contributed by atoms with Crippen LogP contribution in [0.2, 0.25) is 0 Å². The lowest BCUT2D eigenvalue weighted by atomic mass is 9.99. The van der Waals surface area contributed by atoms with Crippen molar-refractivity contribution in [3.63, 3.8) is 0 Å². The Morgan fingerprint density at radius 2 is 2.00 bits per heavy atom. The molecule has 0 aliphatic carbocycles. The van der Waals surface area contributed by atoms with E-state index in [9.17, 15) is 18.0 Å². The highest BCUT2D eigenvalue weighted by molar-refractivity contribution is 7.89. The van der Waals surface area contributed by atoms with Gasteiger partial charge in [-0.3, -0.25) is 4.79 Å². The highest BCUT2D eigenvalue weighted by atomic mass is 32.2. The highest BCUT2D eigenvalue weighted by Gasteiger charge is 2.33. The van der Waals surface area contributed by atoms with E-state index in [1.54, 1.807) is 53.1 Å². The second-order valence-electron chi connectivity index (χ2n) is 7.81. The molecule has 0 N–H and O–H groups in total. The smallest absolute Gasteiger partial charge is 0.337 e. The van der Waals surface area contributed by atoms with Gasteiger partial charge in [-0.15, -0.1) is 6.42 Å². The number of esters is 1. The number of terminal acetylenes is 1. The maximum absolute atomic E-state index is 13.1. The summed E-state index contributed by atoms with van der Waals surface area (Å²) in [6.45, 7) is 0.631. The SMILES string of the molecule is C#CCn1c(=NC(=O)C2CCCN(S(=O)(=O)c3ccccc3)C2)sc2cc(C(=O)OC)ccc21. The van der Waals surface area contributed by atoms with Crippen LogP contribution in [0.5, 0.6) is 0 Å². The molecule has 2 heterocycles. The molecule has 1 fully saturated rings. The highest BCUT2D eigenvalue weighted by Crippen LogP contribution is 2.25. The summed E-state index contributed by atoms with van der Waals surface area (Å²) < 4.78 is 34.6. The first-order valence-electron chi connectivity index (χ1n) is 10.6. The predicted octanol–water partition coefficient (Wildman–Crippen LogP) is 2.65. The average Bonchev–Trinajstić information content (AvgIpc) is 3.20. The van der Waals surface area contributed by atoms with Crippen LogP contribution in [0.3, 0.4) is 0 Å². The van der Waals surface area contributed by atoms with E-state index >= 15 is 0 Å². The first-order chi connectivity index (χ1) is 16.3. The van der Waals surface area contributed by atoms with Crippen LogP contribution in [-0.2, 0) is 26.1 Å². The van der Waals surface area contributed by atoms with Gasteiger partial charge in [-0.1, -0.05) is 35.5 Å². The fourth-order valence-corrected chi connectivity index (χ4v) is 6.56. The summed E-state index contributed by atoms with van der Waals surface area (Å²) >= 11 is 1.24. The summed E-state index contributed by atoms with van der Waals surface area (Å²) in [7, 11) is -2.38. The molecule has 3 aromatic rings. The Balaban J connectivity index is 1.65. The van der Waals surface area contributed by atoms with E-state index in [1.165, 1.54) is 22.8 Å².